The lowest BCUT2D eigenvalue weighted by atomic mass is 9.99. The molecule has 0 radical (unpaired) electrons. The van der Waals surface area contributed by atoms with E-state index >= 15 is 0 Å². The average Bonchev–Trinajstić information content (AvgIpc) is 3.15. The summed E-state index contributed by atoms with van der Waals surface area (Å²) in [5, 5.41) is 1.18. The first-order valence-electron chi connectivity index (χ1n) is 10.9. The topological polar surface area (TPSA) is 39.3 Å². The van der Waals surface area contributed by atoms with Crippen LogP contribution in [0.2, 0.25) is 0 Å². The Balaban J connectivity index is 1.34. The van der Waals surface area contributed by atoms with E-state index in [1.807, 2.05) is 26.2 Å². The fraction of sp³-hybridized carbons (Fsp3) is 0.346. The molecule has 2 aromatic carbocycles. The summed E-state index contributed by atoms with van der Waals surface area (Å²) in [5.41, 5.74) is 5.78. The number of benzene rings is 2. The first-order valence-corrected chi connectivity index (χ1v) is 10.9. The van der Waals surface area contributed by atoms with Crippen molar-refractivity contribution in [2.45, 2.75) is 25.7 Å². The zero-order valence-electron chi connectivity index (χ0n) is 18.0. The molecule has 0 unspecified atom stereocenters. The van der Waals surface area contributed by atoms with Crippen LogP contribution in [0.5, 0.6) is 0 Å². The Morgan fingerprint density at radius 2 is 1.80 bits per heavy atom. The lowest BCUT2D eigenvalue weighted by Gasteiger charge is -2.26. The van der Waals surface area contributed by atoms with Crippen LogP contribution in [0.3, 0.4) is 0 Å². The van der Waals surface area contributed by atoms with Gasteiger partial charge in [0.25, 0.3) is 5.91 Å². The SMILES string of the molecule is CN(C)C(=O)c1[nH]c2ccccc2c1CCCCN1CC=C(c2ccccc2)CC1. The van der Waals surface area contributed by atoms with Gasteiger partial charge < -0.3 is 9.88 Å². The molecule has 0 fully saturated rings. The zero-order valence-corrected chi connectivity index (χ0v) is 18.0. The van der Waals surface area contributed by atoms with Crippen molar-refractivity contribution in [2.24, 2.45) is 0 Å². The number of hydrogen-bond donors (Lipinski definition) is 1. The van der Waals surface area contributed by atoms with E-state index in [0.29, 0.717) is 0 Å². The highest BCUT2D eigenvalue weighted by Crippen LogP contribution is 2.26. The summed E-state index contributed by atoms with van der Waals surface area (Å²) in [5.74, 6) is 0.0517. The third-order valence-corrected chi connectivity index (χ3v) is 6.02. The molecule has 0 spiro atoms. The van der Waals surface area contributed by atoms with Gasteiger partial charge in [-0.25, -0.2) is 0 Å². The largest absolute Gasteiger partial charge is 0.350 e. The predicted molar refractivity (Wildman–Crippen MR) is 125 cm³/mol. The molecule has 0 aliphatic carbocycles. The Morgan fingerprint density at radius 1 is 1.03 bits per heavy atom. The molecule has 156 valence electrons. The summed E-state index contributed by atoms with van der Waals surface area (Å²) < 4.78 is 0. The number of unbranched alkanes of at least 4 members (excludes halogenated alkanes) is 1. The van der Waals surface area contributed by atoms with Crippen molar-refractivity contribution in [1.82, 2.24) is 14.8 Å². The quantitative estimate of drug-likeness (QED) is 0.567. The van der Waals surface area contributed by atoms with Gasteiger partial charge in [-0.2, -0.15) is 0 Å². The van der Waals surface area contributed by atoms with Crippen LogP contribution < -0.4 is 0 Å². The van der Waals surface area contributed by atoms with Gasteiger partial charge in [0.2, 0.25) is 0 Å². The second kappa shape index (κ2) is 9.31. The highest BCUT2D eigenvalue weighted by Gasteiger charge is 2.19. The monoisotopic (exact) mass is 401 g/mol. The summed E-state index contributed by atoms with van der Waals surface area (Å²) in [6.07, 6.45) is 6.66. The molecular weight excluding hydrogens is 370 g/mol. The Labute approximate surface area is 179 Å². The van der Waals surface area contributed by atoms with Crippen LogP contribution in [-0.4, -0.2) is 54.4 Å². The molecule has 4 nitrogen and oxygen atoms in total. The molecule has 1 amide bonds. The molecule has 1 aromatic heterocycles. The van der Waals surface area contributed by atoms with Gasteiger partial charge >= 0.3 is 0 Å². The van der Waals surface area contributed by atoms with Gasteiger partial charge in [0.05, 0.1) is 0 Å². The number of fused-ring (bicyclic) bond motifs is 1. The number of hydrogen-bond acceptors (Lipinski definition) is 2. The standard InChI is InChI=1S/C26H31N3O/c1-28(2)26(30)25-23(22-12-6-7-14-24(22)27-25)13-8-9-17-29-18-15-21(16-19-29)20-10-4-3-5-11-20/h3-7,10-12,14-15,27H,8-9,13,16-19H2,1-2H3. The molecule has 4 rings (SSSR count). The van der Waals surface area contributed by atoms with Crippen LogP contribution in [0.4, 0.5) is 0 Å². The first kappa shape index (κ1) is 20.4. The van der Waals surface area contributed by atoms with Gasteiger partial charge in [-0.05, 0) is 55.0 Å². The Kier molecular flexibility index (Phi) is 6.34. The molecule has 2 heterocycles. The predicted octanol–water partition coefficient (Wildman–Crippen LogP) is 4.98. The van der Waals surface area contributed by atoms with Gasteiger partial charge in [-0.1, -0.05) is 54.6 Å². The number of amides is 1. The minimum Gasteiger partial charge on any atom is -0.350 e. The number of nitrogens with zero attached hydrogens (tertiary/aromatic N) is 2. The Hall–Kier alpha value is -2.85. The molecule has 0 saturated heterocycles. The van der Waals surface area contributed by atoms with Gasteiger partial charge in [0, 0.05) is 38.1 Å². The maximum Gasteiger partial charge on any atom is 0.270 e. The van der Waals surface area contributed by atoms with Gasteiger partial charge in [-0.15, -0.1) is 0 Å². The molecule has 1 N–H and O–H groups in total. The maximum absolute atomic E-state index is 12.6. The summed E-state index contributed by atoms with van der Waals surface area (Å²) in [7, 11) is 3.62. The normalized spacial score (nSPS) is 14.7. The number of H-pyrrole nitrogens is 1. The Bertz CT molecular complexity index is 1030. The molecule has 4 heteroatoms. The van der Waals surface area contributed by atoms with E-state index in [0.717, 1.165) is 62.1 Å². The van der Waals surface area contributed by atoms with E-state index in [9.17, 15) is 4.79 Å². The molecule has 0 atom stereocenters. The number of rotatable bonds is 7. The number of para-hydroxylation sites is 1. The minimum atomic E-state index is 0.0517. The van der Waals surface area contributed by atoms with Crippen molar-refractivity contribution < 1.29 is 4.79 Å². The third kappa shape index (κ3) is 4.49. The van der Waals surface area contributed by atoms with Gasteiger partial charge in [-0.3, -0.25) is 9.69 Å². The van der Waals surface area contributed by atoms with Crippen LogP contribution in [0.15, 0.2) is 60.7 Å². The molecule has 3 aromatic rings. The van der Waals surface area contributed by atoms with E-state index in [1.54, 1.807) is 4.90 Å². The second-order valence-electron chi connectivity index (χ2n) is 8.33. The van der Waals surface area contributed by atoms with Crippen LogP contribution >= 0.6 is 0 Å². The number of aromatic nitrogens is 1. The summed E-state index contributed by atoms with van der Waals surface area (Å²) >= 11 is 0. The molecule has 0 saturated carbocycles. The van der Waals surface area contributed by atoms with Gasteiger partial charge in [0.15, 0.2) is 0 Å². The van der Waals surface area contributed by atoms with Crippen molar-refractivity contribution in [1.29, 1.82) is 0 Å². The van der Waals surface area contributed by atoms with Crippen LogP contribution in [0.25, 0.3) is 16.5 Å². The third-order valence-electron chi connectivity index (χ3n) is 6.02. The number of aromatic amines is 1. The summed E-state index contributed by atoms with van der Waals surface area (Å²) in [6.45, 7) is 3.26. The minimum absolute atomic E-state index is 0.0517. The van der Waals surface area contributed by atoms with Gasteiger partial charge in [0.1, 0.15) is 5.69 Å². The summed E-state index contributed by atoms with van der Waals surface area (Å²) in [6, 6.07) is 18.9. The van der Waals surface area contributed by atoms with E-state index < -0.39 is 0 Å². The highest BCUT2D eigenvalue weighted by atomic mass is 16.2. The lowest BCUT2D eigenvalue weighted by Crippen LogP contribution is -2.29. The maximum atomic E-state index is 12.6. The molecule has 0 bridgehead atoms. The molecule has 1 aliphatic rings. The van der Waals surface area contributed by atoms with E-state index in [4.69, 9.17) is 0 Å². The average molecular weight is 402 g/mol. The van der Waals surface area contributed by atoms with Crippen molar-refractivity contribution in [2.75, 3.05) is 33.7 Å². The number of aryl methyl sites for hydroxylation is 1. The van der Waals surface area contributed by atoms with Crippen LogP contribution in [-0.2, 0) is 6.42 Å². The molecule has 1 aliphatic heterocycles. The fourth-order valence-electron chi connectivity index (χ4n) is 4.33. The number of carbonyl (C=O) groups is 1. The van der Waals surface area contributed by atoms with Crippen molar-refractivity contribution >= 4 is 22.4 Å². The highest BCUT2D eigenvalue weighted by molar-refractivity contribution is 6.00. The van der Waals surface area contributed by atoms with E-state index in [1.165, 1.54) is 16.5 Å². The Morgan fingerprint density at radius 3 is 2.53 bits per heavy atom. The number of nitrogens with one attached hydrogen (secondary N) is 1. The van der Waals surface area contributed by atoms with Crippen LogP contribution in [0, 0.1) is 0 Å². The summed E-state index contributed by atoms with van der Waals surface area (Å²) in [4.78, 5) is 20.2. The second-order valence-corrected chi connectivity index (χ2v) is 8.33. The zero-order chi connectivity index (χ0) is 20.9. The van der Waals surface area contributed by atoms with Crippen molar-refractivity contribution in [3.8, 4) is 0 Å². The van der Waals surface area contributed by atoms with Crippen LogP contribution in [0.1, 0.15) is 40.9 Å². The van der Waals surface area contributed by atoms with Crippen molar-refractivity contribution in [3.05, 3.63) is 77.5 Å². The van der Waals surface area contributed by atoms with Crippen molar-refractivity contribution in [3.63, 3.8) is 0 Å². The molecule has 30 heavy (non-hydrogen) atoms. The van der Waals surface area contributed by atoms with E-state index in [2.05, 4.69) is 58.4 Å². The first-order chi connectivity index (χ1) is 14.6. The fourth-order valence-corrected chi connectivity index (χ4v) is 4.33. The number of carbonyl (C=O) groups excluding carboxylic acids is 1. The molecular formula is C26H31N3O. The van der Waals surface area contributed by atoms with E-state index in [-0.39, 0.29) is 5.91 Å². The smallest absolute Gasteiger partial charge is 0.270 e. The lowest BCUT2D eigenvalue weighted by molar-refractivity contribution is 0.0822.